The average molecular weight is 119 g/mol. The van der Waals surface area contributed by atoms with Crippen molar-refractivity contribution in [1.82, 2.24) is 9.61 Å². The Labute approximate surface area is 54.1 Å². The van der Waals surface area contributed by atoms with Crippen molar-refractivity contribution in [2.75, 3.05) is 0 Å². The van der Waals surface area contributed by atoms with E-state index in [9.17, 15) is 0 Å². The van der Waals surface area contributed by atoms with Crippen LogP contribution < -0.4 is 0 Å². The first-order valence-electron chi connectivity index (χ1n) is 3.26. The Morgan fingerprint density at radius 3 is 3.56 bits per heavy atom. The molecule has 0 spiro atoms. The van der Waals surface area contributed by atoms with Crippen LogP contribution in [0.2, 0.25) is 0 Å². The zero-order chi connectivity index (χ0) is 6.97. The molecule has 0 radical (unpaired) electrons. The van der Waals surface area contributed by atoms with Gasteiger partial charge in [0, 0.05) is 12.4 Å². The molecule has 9 heavy (non-hydrogen) atoms. The first-order chi connectivity index (χ1) is 4.86. The Morgan fingerprint density at radius 2 is 2.56 bits per heavy atom. The second-order valence-corrected chi connectivity index (χ2v) is 1.83. The van der Waals surface area contributed by atoms with E-state index in [1.165, 1.54) is 0 Å². The number of aromatic nitrogens is 2. The van der Waals surface area contributed by atoms with Crippen LogP contribution in [0.3, 0.4) is 0 Å². The lowest BCUT2D eigenvalue weighted by Crippen LogP contribution is -1.81. The minimum absolute atomic E-state index is 0.483. The van der Waals surface area contributed by atoms with E-state index in [0.29, 0.717) is 6.04 Å². The predicted molar refractivity (Wildman–Crippen MR) is 35.2 cm³/mol. The van der Waals surface area contributed by atoms with Gasteiger partial charge in [0.15, 0.2) is 0 Å². The van der Waals surface area contributed by atoms with E-state index in [4.69, 9.17) is 1.37 Å². The summed E-state index contributed by atoms with van der Waals surface area (Å²) < 4.78 is 8.94. The van der Waals surface area contributed by atoms with Gasteiger partial charge in [0.05, 0.1) is 6.89 Å². The standard InChI is InChI=1S/C7H6N2/c1-2-6-9-7(3-1)4-5-8-9/h1-6H/i2D. The van der Waals surface area contributed by atoms with Crippen molar-refractivity contribution < 1.29 is 1.37 Å². The van der Waals surface area contributed by atoms with Crippen molar-refractivity contribution in [3.63, 3.8) is 0 Å². The summed E-state index contributed by atoms with van der Waals surface area (Å²) in [5.74, 6) is 0. The fraction of sp³-hybridized carbons (Fsp3) is 0. The van der Waals surface area contributed by atoms with Gasteiger partial charge in [-0.05, 0) is 18.2 Å². The lowest BCUT2D eigenvalue weighted by atomic mass is 10.4. The van der Waals surface area contributed by atoms with Crippen LogP contribution in [-0.2, 0) is 0 Å². The van der Waals surface area contributed by atoms with Crippen LogP contribution in [0.15, 0.2) is 36.6 Å². The van der Waals surface area contributed by atoms with E-state index in [0.717, 1.165) is 5.52 Å². The molecule has 2 nitrogen and oxygen atoms in total. The maximum absolute atomic E-state index is 7.26. The molecule has 0 aromatic carbocycles. The second kappa shape index (κ2) is 1.58. The summed E-state index contributed by atoms with van der Waals surface area (Å²) in [5.41, 5.74) is 1.02. The summed E-state index contributed by atoms with van der Waals surface area (Å²) in [5, 5.41) is 3.98. The Morgan fingerprint density at radius 1 is 1.56 bits per heavy atom. The summed E-state index contributed by atoms with van der Waals surface area (Å²) in [7, 11) is 0. The van der Waals surface area contributed by atoms with E-state index >= 15 is 0 Å². The lowest BCUT2D eigenvalue weighted by molar-refractivity contribution is 0.961. The normalized spacial score (nSPS) is 11.8. The Balaban J connectivity index is 2.86. The van der Waals surface area contributed by atoms with Gasteiger partial charge in [0.25, 0.3) is 0 Å². The molecule has 0 saturated carbocycles. The van der Waals surface area contributed by atoms with Gasteiger partial charge in [-0.1, -0.05) is 6.07 Å². The third-order valence-corrected chi connectivity index (χ3v) is 1.25. The topological polar surface area (TPSA) is 17.3 Å². The highest BCUT2D eigenvalue weighted by Crippen LogP contribution is 1.98. The van der Waals surface area contributed by atoms with E-state index in [2.05, 4.69) is 5.10 Å². The van der Waals surface area contributed by atoms with Crippen LogP contribution in [0.4, 0.5) is 0 Å². The fourth-order valence-electron chi connectivity index (χ4n) is 0.811. The van der Waals surface area contributed by atoms with Gasteiger partial charge in [-0.2, -0.15) is 5.10 Å². The van der Waals surface area contributed by atoms with Crippen LogP contribution in [0.25, 0.3) is 5.52 Å². The monoisotopic (exact) mass is 119 g/mol. The number of rotatable bonds is 0. The molecule has 0 aliphatic carbocycles. The number of fused-ring (bicyclic) bond motifs is 1. The second-order valence-electron chi connectivity index (χ2n) is 1.83. The van der Waals surface area contributed by atoms with Gasteiger partial charge in [-0.25, -0.2) is 4.52 Å². The minimum Gasteiger partial charge on any atom is -0.241 e. The molecular weight excluding hydrogens is 112 g/mol. The van der Waals surface area contributed by atoms with Crippen LogP contribution in [0.1, 0.15) is 1.37 Å². The molecule has 2 aromatic rings. The Hall–Kier alpha value is -1.31. The molecule has 0 N–H and O–H groups in total. The van der Waals surface area contributed by atoms with Crippen molar-refractivity contribution in [3.8, 4) is 0 Å². The first-order valence-corrected chi connectivity index (χ1v) is 2.76. The number of hydrogen-bond acceptors (Lipinski definition) is 1. The van der Waals surface area contributed by atoms with E-state index in [1.807, 2.05) is 12.1 Å². The van der Waals surface area contributed by atoms with Crippen LogP contribution >= 0.6 is 0 Å². The van der Waals surface area contributed by atoms with E-state index in [-0.39, 0.29) is 0 Å². The molecular formula is C7H6N2. The summed E-state index contributed by atoms with van der Waals surface area (Å²) in [6, 6.07) is 6.00. The Bertz CT molecular complexity index is 353. The number of pyridine rings is 1. The number of nitrogens with zero attached hydrogens (tertiary/aromatic N) is 2. The molecule has 0 aliphatic heterocycles. The van der Waals surface area contributed by atoms with E-state index < -0.39 is 0 Å². The maximum atomic E-state index is 7.26. The van der Waals surface area contributed by atoms with Crippen LogP contribution in [-0.4, -0.2) is 9.61 Å². The van der Waals surface area contributed by atoms with Crippen LogP contribution in [0, 0.1) is 0 Å². The molecule has 44 valence electrons. The molecule has 2 heteroatoms. The SMILES string of the molecule is [2H]c1ccc2ccnn2c1. The van der Waals surface area contributed by atoms with Gasteiger partial charge in [-0.3, -0.25) is 0 Å². The van der Waals surface area contributed by atoms with Gasteiger partial charge < -0.3 is 0 Å². The quantitative estimate of drug-likeness (QED) is 0.511. The summed E-state index contributed by atoms with van der Waals surface area (Å²) in [6.07, 6.45) is 3.39. The van der Waals surface area contributed by atoms with E-state index in [1.54, 1.807) is 23.0 Å². The molecule has 0 unspecified atom stereocenters. The van der Waals surface area contributed by atoms with Gasteiger partial charge in [-0.15, -0.1) is 0 Å². The molecule has 0 aliphatic rings. The average Bonchev–Trinajstić information content (AvgIpc) is 2.33. The van der Waals surface area contributed by atoms with Crippen molar-refractivity contribution in [2.24, 2.45) is 0 Å². The molecule has 2 rings (SSSR count). The molecule has 0 fully saturated rings. The first kappa shape index (κ1) is 3.67. The highest BCUT2D eigenvalue weighted by molar-refractivity contribution is 5.44. The van der Waals surface area contributed by atoms with Crippen molar-refractivity contribution in [2.45, 2.75) is 0 Å². The van der Waals surface area contributed by atoms with Crippen molar-refractivity contribution in [1.29, 1.82) is 0 Å². The summed E-state index contributed by atoms with van der Waals surface area (Å²) in [4.78, 5) is 0. The molecule has 0 saturated heterocycles. The maximum Gasteiger partial charge on any atom is 0.0661 e. The molecule has 2 heterocycles. The third kappa shape index (κ3) is 0.598. The van der Waals surface area contributed by atoms with Crippen LogP contribution in [0.5, 0.6) is 0 Å². The zero-order valence-corrected chi connectivity index (χ0v) is 4.78. The fourth-order valence-corrected chi connectivity index (χ4v) is 0.811. The highest BCUT2D eigenvalue weighted by atomic mass is 15.2. The molecule has 0 atom stereocenters. The van der Waals surface area contributed by atoms with Gasteiger partial charge >= 0.3 is 0 Å². The van der Waals surface area contributed by atoms with Gasteiger partial charge in [0.2, 0.25) is 0 Å². The summed E-state index contributed by atoms with van der Waals surface area (Å²) in [6.45, 7) is 0. The molecule has 0 amide bonds. The minimum atomic E-state index is 0.483. The molecule has 0 bridgehead atoms. The molecule has 2 aromatic heterocycles. The zero-order valence-electron chi connectivity index (χ0n) is 5.78. The lowest BCUT2D eigenvalue weighted by Gasteiger charge is -1.86. The van der Waals surface area contributed by atoms with Gasteiger partial charge in [0.1, 0.15) is 0 Å². The largest absolute Gasteiger partial charge is 0.241 e. The van der Waals surface area contributed by atoms with Crippen molar-refractivity contribution >= 4 is 5.52 Å². The summed E-state index contributed by atoms with van der Waals surface area (Å²) >= 11 is 0. The Kier molecular flexibility index (Phi) is 0.646. The van der Waals surface area contributed by atoms with Crippen molar-refractivity contribution in [3.05, 3.63) is 36.6 Å². The smallest absolute Gasteiger partial charge is 0.0661 e. The highest BCUT2D eigenvalue weighted by Gasteiger charge is 1.85. The number of hydrogen-bond donors (Lipinski definition) is 0. The third-order valence-electron chi connectivity index (χ3n) is 1.25. The predicted octanol–water partition coefficient (Wildman–Crippen LogP) is 1.33.